The van der Waals surface area contributed by atoms with Gasteiger partial charge in [-0.2, -0.15) is 5.10 Å². The van der Waals surface area contributed by atoms with Gasteiger partial charge in [-0.1, -0.05) is 32.0 Å². The summed E-state index contributed by atoms with van der Waals surface area (Å²) < 4.78 is 8.48. The lowest BCUT2D eigenvalue weighted by Crippen LogP contribution is -2.33. The molecule has 1 unspecified atom stereocenters. The van der Waals surface area contributed by atoms with E-state index in [0.29, 0.717) is 12.5 Å². The maximum Gasteiger partial charge on any atom is 0.145 e. The molecule has 0 saturated carbocycles. The molecule has 6 rings (SSSR count). The van der Waals surface area contributed by atoms with E-state index in [0.717, 1.165) is 70.1 Å². The van der Waals surface area contributed by atoms with Crippen LogP contribution >= 0.6 is 9.24 Å². The molecule has 0 bridgehead atoms. The van der Waals surface area contributed by atoms with Crippen molar-refractivity contribution in [3.63, 3.8) is 0 Å². The van der Waals surface area contributed by atoms with E-state index >= 15 is 0 Å². The first-order valence-corrected chi connectivity index (χ1v) is 13.8. The largest absolute Gasteiger partial charge is 0.491 e. The predicted molar refractivity (Wildman–Crippen MR) is 159 cm³/mol. The number of pyridine rings is 1. The number of nitrogens with one attached hydrogen (secondary N) is 1. The number of benzene rings is 2. The van der Waals surface area contributed by atoms with E-state index in [1.807, 2.05) is 12.4 Å². The minimum atomic E-state index is 0.432. The van der Waals surface area contributed by atoms with Crippen LogP contribution in [0, 0.1) is 19.8 Å². The smallest absolute Gasteiger partial charge is 0.145 e. The van der Waals surface area contributed by atoms with Crippen LogP contribution in [0.3, 0.4) is 0 Å². The number of hydrogen-bond acceptors (Lipinski definition) is 4. The van der Waals surface area contributed by atoms with E-state index in [2.05, 4.69) is 100 Å². The summed E-state index contributed by atoms with van der Waals surface area (Å²) in [6, 6.07) is 17.2. The number of H-pyrrole nitrogens is 1. The Labute approximate surface area is 226 Å². The summed E-state index contributed by atoms with van der Waals surface area (Å²) in [7, 11) is 2.86. The summed E-state index contributed by atoms with van der Waals surface area (Å²) in [5.41, 5.74) is 9.10. The Morgan fingerprint density at radius 1 is 1.11 bits per heavy atom. The summed E-state index contributed by atoms with van der Waals surface area (Å²) in [6.45, 7) is 10.9. The Bertz CT molecular complexity index is 1630. The lowest BCUT2D eigenvalue weighted by atomic mass is 9.99. The standard InChI is InChI=1S/C31H34N5OP/c1-19(2)18-37-27-7-5-6-21(4)29(27)36-30(23-8-9-25-22(15-23)10-12-32-25)24-17-35(13-11-26(24)34-36)31-28(38)14-20(3)16-33-31/h5-10,12,14-16,19,32H,11,13,17-18,38H2,1-4H3. The first-order chi connectivity index (χ1) is 18.4. The van der Waals surface area contributed by atoms with Crippen LogP contribution in [0.15, 0.2) is 60.9 Å². The minimum Gasteiger partial charge on any atom is -0.491 e. The number of aryl methyl sites for hydroxylation is 2. The molecule has 5 aromatic rings. The molecule has 194 valence electrons. The Morgan fingerprint density at radius 3 is 2.79 bits per heavy atom. The van der Waals surface area contributed by atoms with E-state index in [4.69, 9.17) is 14.8 Å². The van der Waals surface area contributed by atoms with Crippen LogP contribution in [0.2, 0.25) is 0 Å². The lowest BCUT2D eigenvalue weighted by molar-refractivity contribution is 0.270. The quantitative estimate of drug-likeness (QED) is 0.272. The van der Waals surface area contributed by atoms with Crippen molar-refractivity contribution in [2.75, 3.05) is 18.1 Å². The highest BCUT2D eigenvalue weighted by Crippen LogP contribution is 2.38. The molecule has 1 aliphatic rings. The number of nitrogens with zero attached hydrogens (tertiary/aromatic N) is 4. The third-order valence-electron chi connectivity index (χ3n) is 7.18. The van der Waals surface area contributed by atoms with Crippen molar-refractivity contribution >= 4 is 31.3 Å². The van der Waals surface area contributed by atoms with Crippen LogP contribution < -0.4 is 14.9 Å². The van der Waals surface area contributed by atoms with Crippen molar-refractivity contribution in [3.05, 3.63) is 83.3 Å². The van der Waals surface area contributed by atoms with Gasteiger partial charge in [0, 0.05) is 59.2 Å². The highest BCUT2D eigenvalue weighted by atomic mass is 31.0. The molecule has 4 heterocycles. The Morgan fingerprint density at radius 2 is 1.97 bits per heavy atom. The van der Waals surface area contributed by atoms with Gasteiger partial charge in [-0.05, 0) is 61.2 Å². The van der Waals surface area contributed by atoms with Gasteiger partial charge in [0.25, 0.3) is 0 Å². The molecule has 1 aliphatic heterocycles. The van der Waals surface area contributed by atoms with Gasteiger partial charge < -0.3 is 14.6 Å². The van der Waals surface area contributed by atoms with Gasteiger partial charge in [0.1, 0.15) is 17.3 Å². The molecule has 1 N–H and O–H groups in total. The van der Waals surface area contributed by atoms with Gasteiger partial charge >= 0.3 is 0 Å². The molecule has 0 amide bonds. The summed E-state index contributed by atoms with van der Waals surface area (Å²) in [4.78, 5) is 10.5. The molecule has 3 aromatic heterocycles. The molecule has 0 spiro atoms. The van der Waals surface area contributed by atoms with Crippen molar-refractivity contribution in [3.8, 4) is 22.7 Å². The van der Waals surface area contributed by atoms with Crippen LogP contribution in [-0.4, -0.2) is 32.9 Å². The van der Waals surface area contributed by atoms with Crippen LogP contribution in [0.25, 0.3) is 27.8 Å². The summed E-state index contributed by atoms with van der Waals surface area (Å²) in [5, 5.41) is 7.56. The minimum absolute atomic E-state index is 0.432. The monoisotopic (exact) mass is 523 g/mol. The fraction of sp³-hybridized carbons (Fsp3) is 0.290. The normalized spacial score (nSPS) is 13.4. The number of aromatic amines is 1. The summed E-state index contributed by atoms with van der Waals surface area (Å²) in [5.74, 6) is 2.32. The highest BCUT2D eigenvalue weighted by Gasteiger charge is 2.29. The van der Waals surface area contributed by atoms with Crippen molar-refractivity contribution < 1.29 is 4.74 Å². The molecule has 1 atom stereocenters. The molecule has 38 heavy (non-hydrogen) atoms. The average Bonchev–Trinajstić information content (AvgIpc) is 3.51. The second kappa shape index (κ2) is 9.92. The predicted octanol–water partition coefficient (Wildman–Crippen LogP) is 6.13. The van der Waals surface area contributed by atoms with E-state index in [1.54, 1.807) is 0 Å². The molecule has 0 saturated heterocycles. The molecule has 0 aliphatic carbocycles. The van der Waals surface area contributed by atoms with E-state index in [9.17, 15) is 0 Å². The van der Waals surface area contributed by atoms with E-state index < -0.39 is 0 Å². The fourth-order valence-electron chi connectivity index (χ4n) is 5.34. The molecule has 7 heteroatoms. The Kier molecular flexibility index (Phi) is 6.45. The van der Waals surface area contributed by atoms with Gasteiger partial charge in [0.2, 0.25) is 0 Å². The zero-order valence-electron chi connectivity index (χ0n) is 22.5. The average molecular weight is 524 g/mol. The van der Waals surface area contributed by atoms with Crippen LogP contribution in [-0.2, 0) is 13.0 Å². The maximum atomic E-state index is 6.34. The zero-order valence-corrected chi connectivity index (χ0v) is 23.6. The summed E-state index contributed by atoms with van der Waals surface area (Å²) >= 11 is 0. The van der Waals surface area contributed by atoms with E-state index in [-0.39, 0.29) is 0 Å². The second-order valence-corrected chi connectivity index (χ2v) is 11.3. The Balaban J connectivity index is 1.53. The number of aromatic nitrogens is 4. The lowest BCUT2D eigenvalue weighted by Gasteiger charge is -2.29. The number of fused-ring (bicyclic) bond motifs is 2. The fourth-order valence-corrected chi connectivity index (χ4v) is 5.86. The topological polar surface area (TPSA) is 59.0 Å². The first kappa shape index (κ1) is 24.7. The number of para-hydroxylation sites is 1. The van der Waals surface area contributed by atoms with Gasteiger partial charge in [0.05, 0.1) is 18.0 Å². The van der Waals surface area contributed by atoms with E-state index in [1.165, 1.54) is 16.5 Å². The molecular formula is C31H34N5OP. The third kappa shape index (κ3) is 4.48. The van der Waals surface area contributed by atoms with Gasteiger partial charge in [-0.15, -0.1) is 9.24 Å². The number of hydrogen-bond donors (Lipinski definition) is 1. The number of rotatable bonds is 6. The van der Waals surface area contributed by atoms with Crippen LogP contribution in [0.5, 0.6) is 5.75 Å². The molecule has 0 fully saturated rings. The maximum absolute atomic E-state index is 6.34. The van der Waals surface area contributed by atoms with Crippen molar-refractivity contribution in [1.29, 1.82) is 0 Å². The molecular weight excluding hydrogens is 489 g/mol. The van der Waals surface area contributed by atoms with Crippen molar-refractivity contribution in [2.24, 2.45) is 5.92 Å². The summed E-state index contributed by atoms with van der Waals surface area (Å²) in [6.07, 6.45) is 4.80. The van der Waals surface area contributed by atoms with Crippen LogP contribution in [0.1, 0.15) is 36.2 Å². The van der Waals surface area contributed by atoms with Crippen LogP contribution in [0.4, 0.5) is 5.82 Å². The van der Waals surface area contributed by atoms with Gasteiger partial charge in [-0.25, -0.2) is 9.67 Å². The van der Waals surface area contributed by atoms with Crippen molar-refractivity contribution in [2.45, 2.75) is 40.7 Å². The first-order valence-electron chi connectivity index (χ1n) is 13.3. The third-order valence-corrected chi connectivity index (χ3v) is 7.60. The second-order valence-electron chi connectivity index (χ2n) is 10.7. The van der Waals surface area contributed by atoms with Crippen molar-refractivity contribution in [1.82, 2.24) is 19.7 Å². The SMILES string of the molecule is Cc1cnc(N2CCc3nn(-c4c(C)cccc4OCC(C)C)c(-c4ccc5[nH]ccc5c4)c3C2)c(P)c1. The van der Waals surface area contributed by atoms with Gasteiger partial charge in [-0.3, -0.25) is 0 Å². The molecule has 2 aromatic carbocycles. The number of anilines is 1. The highest BCUT2D eigenvalue weighted by molar-refractivity contribution is 7.28. The Hall–Kier alpha value is -3.63. The molecule has 6 nitrogen and oxygen atoms in total. The van der Waals surface area contributed by atoms with Gasteiger partial charge in [0.15, 0.2) is 0 Å². The zero-order chi connectivity index (χ0) is 26.4. The number of ether oxygens (including phenoxy) is 1. The molecule has 0 radical (unpaired) electrons.